The number of anilines is 1. The Labute approximate surface area is 290 Å². The molecule has 3 rings (SSSR count). The van der Waals surface area contributed by atoms with Crippen molar-refractivity contribution in [2.75, 3.05) is 31.7 Å². The van der Waals surface area contributed by atoms with Crippen molar-refractivity contribution in [2.24, 2.45) is 0 Å². The lowest BCUT2D eigenvalue weighted by atomic mass is 10.2. The molecular formula is C38H38ClNO9. The van der Waals surface area contributed by atoms with Crippen molar-refractivity contribution in [2.45, 2.75) is 25.7 Å². The van der Waals surface area contributed by atoms with E-state index in [1.807, 2.05) is 12.1 Å². The van der Waals surface area contributed by atoms with E-state index in [1.165, 1.54) is 24.3 Å². The number of rotatable bonds is 20. The summed E-state index contributed by atoms with van der Waals surface area (Å²) in [5, 5.41) is 2.90. The van der Waals surface area contributed by atoms with Gasteiger partial charge in [-0.3, -0.25) is 4.79 Å². The van der Waals surface area contributed by atoms with Crippen LogP contribution in [0.5, 0.6) is 17.2 Å². The molecule has 0 radical (unpaired) electrons. The number of benzene rings is 3. The maximum Gasteiger partial charge on any atom is 0.336 e. The zero-order chi connectivity index (χ0) is 35.3. The monoisotopic (exact) mass is 687 g/mol. The molecule has 10 nitrogen and oxygen atoms in total. The van der Waals surface area contributed by atoms with Crippen molar-refractivity contribution in [3.63, 3.8) is 0 Å². The number of halogens is 1. The number of carbonyl (C=O) groups is 4. The van der Waals surface area contributed by atoms with Crippen LogP contribution in [-0.4, -0.2) is 50.2 Å². The molecule has 0 bridgehead atoms. The van der Waals surface area contributed by atoms with Crippen LogP contribution in [-0.2, 0) is 28.7 Å². The van der Waals surface area contributed by atoms with E-state index >= 15 is 0 Å². The Balaban J connectivity index is 1.37. The van der Waals surface area contributed by atoms with Gasteiger partial charge in [-0.25, -0.2) is 14.4 Å². The van der Waals surface area contributed by atoms with Gasteiger partial charge in [0.15, 0.2) is 0 Å². The molecule has 1 amide bonds. The van der Waals surface area contributed by atoms with Crippen molar-refractivity contribution < 1.29 is 42.9 Å². The molecule has 0 unspecified atom stereocenters. The first kappa shape index (κ1) is 37.8. The molecule has 0 aliphatic carbocycles. The van der Waals surface area contributed by atoms with Gasteiger partial charge in [-0.05, 0) is 85.4 Å². The zero-order valence-electron chi connectivity index (χ0n) is 26.9. The molecule has 49 heavy (non-hydrogen) atoms. The van der Waals surface area contributed by atoms with Crippen molar-refractivity contribution in [1.29, 1.82) is 0 Å². The Morgan fingerprint density at radius 1 is 0.612 bits per heavy atom. The summed E-state index contributed by atoms with van der Waals surface area (Å²) in [4.78, 5) is 46.9. The fourth-order valence-electron chi connectivity index (χ4n) is 3.92. The van der Waals surface area contributed by atoms with Gasteiger partial charge in [-0.15, -0.1) is 0 Å². The average molecular weight is 688 g/mol. The molecule has 256 valence electrons. The van der Waals surface area contributed by atoms with Crippen molar-refractivity contribution in [1.82, 2.24) is 0 Å². The van der Waals surface area contributed by atoms with Crippen molar-refractivity contribution >= 4 is 53.3 Å². The zero-order valence-corrected chi connectivity index (χ0v) is 27.7. The van der Waals surface area contributed by atoms with E-state index in [9.17, 15) is 19.2 Å². The summed E-state index contributed by atoms with van der Waals surface area (Å²) < 4.78 is 26.5. The minimum Gasteiger partial charge on any atom is -0.494 e. The second-order valence-corrected chi connectivity index (χ2v) is 10.6. The van der Waals surface area contributed by atoms with Crippen LogP contribution in [0.1, 0.15) is 36.8 Å². The van der Waals surface area contributed by atoms with Crippen LogP contribution in [0.3, 0.4) is 0 Å². The van der Waals surface area contributed by atoms with E-state index < -0.39 is 23.8 Å². The fourth-order valence-corrected chi connectivity index (χ4v) is 4.14. The van der Waals surface area contributed by atoms with E-state index in [0.29, 0.717) is 56.5 Å². The number of hydrogen-bond donors (Lipinski definition) is 1. The molecule has 0 heterocycles. The van der Waals surface area contributed by atoms with Gasteiger partial charge in [0.25, 0.3) is 0 Å². The molecule has 11 heteroatoms. The molecule has 0 saturated carbocycles. The molecular weight excluding hydrogens is 650 g/mol. The first-order valence-corrected chi connectivity index (χ1v) is 15.9. The van der Waals surface area contributed by atoms with E-state index in [4.69, 9.17) is 35.3 Å². The molecule has 0 spiro atoms. The van der Waals surface area contributed by atoms with E-state index in [-0.39, 0.29) is 10.8 Å². The van der Waals surface area contributed by atoms with Crippen LogP contribution in [0.15, 0.2) is 104 Å². The third-order valence-corrected chi connectivity index (χ3v) is 6.77. The number of nitrogens with one attached hydrogen (secondary N) is 1. The number of ether oxygens (including phenoxy) is 5. The number of amides is 1. The van der Waals surface area contributed by atoms with Crippen molar-refractivity contribution in [3.8, 4) is 17.2 Å². The lowest BCUT2D eigenvalue weighted by Crippen LogP contribution is -2.09. The summed E-state index contributed by atoms with van der Waals surface area (Å²) in [6, 6.07) is 18.9. The van der Waals surface area contributed by atoms with Gasteiger partial charge in [0.2, 0.25) is 5.91 Å². The van der Waals surface area contributed by atoms with Gasteiger partial charge in [-0.2, -0.15) is 0 Å². The van der Waals surface area contributed by atoms with E-state index in [2.05, 4.69) is 18.5 Å². The molecule has 3 aromatic carbocycles. The largest absolute Gasteiger partial charge is 0.494 e. The molecule has 1 N–H and O–H groups in total. The van der Waals surface area contributed by atoms with Gasteiger partial charge in [-0.1, -0.05) is 49.0 Å². The Morgan fingerprint density at radius 2 is 1.08 bits per heavy atom. The maximum atomic E-state index is 12.5. The number of unbranched alkanes of at least 4 members (excludes halogenated alkanes) is 2. The molecule has 0 aromatic heterocycles. The number of carbonyl (C=O) groups excluding carboxylic acids is 4. The Morgan fingerprint density at radius 3 is 1.57 bits per heavy atom. The Hall–Kier alpha value is -5.61. The third-order valence-electron chi connectivity index (χ3n) is 6.45. The predicted octanol–water partition coefficient (Wildman–Crippen LogP) is 7.39. The third kappa shape index (κ3) is 15.2. The van der Waals surface area contributed by atoms with E-state index in [1.54, 1.807) is 54.6 Å². The standard InChI is InChI=1S/C38H38ClNO9/c1-3-36(42)47-25-7-5-23-45-30-15-9-28(10-16-30)13-21-35(41)40-34-20-19-32(27-33(34)39)49-38(44)22-14-29-11-17-31(18-12-29)46-24-6-8-26-48-37(43)4-2/h3-4,9-22,27H,1-2,5-8,23-26H2,(H,40,41). The van der Waals surface area contributed by atoms with Crippen LogP contribution in [0.25, 0.3) is 12.2 Å². The normalized spacial score (nSPS) is 10.7. The first-order chi connectivity index (χ1) is 23.7. The molecule has 0 saturated heterocycles. The van der Waals surface area contributed by atoms with Crippen LogP contribution in [0.2, 0.25) is 5.02 Å². The summed E-state index contributed by atoms with van der Waals surface area (Å²) in [7, 11) is 0. The predicted molar refractivity (Wildman–Crippen MR) is 188 cm³/mol. The minimum absolute atomic E-state index is 0.199. The highest BCUT2D eigenvalue weighted by atomic mass is 35.5. The lowest BCUT2D eigenvalue weighted by molar-refractivity contribution is -0.138. The number of esters is 3. The lowest BCUT2D eigenvalue weighted by Gasteiger charge is -2.08. The Kier molecular flexibility index (Phi) is 16.5. The highest BCUT2D eigenvalue weighted by Crippen LogP contribution is 2.27. The summed E-state index contributed by atoms with van der Waals surface area (Å²) in [5.41, 5.74) is 1.92. The second kappa shape index (κ2) is 21.3. The summed E-state index contributed by atoms with van der Waals surface area (Å²) in [6.07, 6.45) is 11.0. The molecule has 0 aliphatic heterocycles. The highest BCUT2D eigenvalue weighted by Gasteiger charge is 2.08. The van der Waals surface area contributed by atoms with E-state index in [0.717, 1.165) is 36.1 Å². The van der Waals surface area contributed by atoms with Gasteiger partial charge in [0.05, 0.1) is 37.1 Å². The van der Waals surface area contributed by atoms with Gasteiger partial charge >= 0.3 is 17.9 Å². The first-order valence-electron chi connectivity index (χ1n) is 15.5. The average Bonchev–Trinajstić information content (AvgIpc) is 3.11. The summed E-state index contributed by atoms with van der Waals surface area (Å²) in [5.74, 6) is -0.296. The maximum absolute atomic E-state index is 12.5. The summed E-state index contributed by atoms with van der Waals surface area (Å²) in [6.45, 7) is 8.28. The Bertz CT molecular complexity index is 1630. The molecule has 0 fully saturated rings. The smallest absolute Gasteiger partial charge is 0.336 e. The highest BCUT2D eigenvalue weighted by molar-refractivity contribution is 6.34. The molecule has 0 aliphatic rings. The second-order valence-electron chi connectivity index (χ2n) is 10.2. The SMILES string of the molecule is C=CC(=O)OCCCCOc1ccc(C=CC(=O)Nc2ccc(OC(=O)C=Cc3ccc(OCCCCOC(=O)C=C)cc3)cc2Cl)cc1. The van der Waals surface area contributed by atoms with Gasteiger partial charge in [0, 0.05) is 30.4 Å². The van der Waals surface area contributed by atoms with Crippen LogP contribution in [0.4, 0.5) is 5.69 Å². The molecule has 3 aromatic rings. The van der Waals surface area contributed by atoms with Crippen LogP contribution in [0, 0.1) is 0 Å². The molecule has 0 atom stereocenters. The van der Waals surface area contributed by atoms with Gasteiger partial charge in [0.1, 0.15) is 17.2 Å². The fraction of sp³-hybridized carbons (Fsp3) is 0.211. The van der Waals surface area contributed by atoms with Gasteiger partial charge < -0.3 is 29.0 Å². The minimum atomic E-state index is -0.601. The van der Waals surface area contributed by atoms with Crippen LogP contribution < -0.4 is 19.5 Å². The van der Waals surface area contributed by atoms with Crippen LogP contribution >= 0.6 is 11.6 Å². The quantitative estimate of drug-likeness (QED) is 0.0560. The van der Waals surface area contributed by atoms with Crippen molar-refractivity contribution in [3.05, 3.63) is 120 Å². The number of hydrogen-bond acceptors (Lipinski definition) is 9. The topological polar surface area (TPSA) is 126 Å². The summed E-state index contributed by atoms with van der Waals surface area (Å²) >= 11 is 6.33.